The summed E-state index contributed by atoms with van der Waals surface area (Å²) in [5.74, 6) is 0.478. The quantitative estimate of drug-likeness (QED) is 0.152. The van der Waals surface area contributed by atoms with E-state index in [1.54, 1.807) is 11.7 Å². The number of esters is 1. The van der Waals surface area contributed by atoms with Gasteiger partial charge >= 0.3 is 5.97 Å². The van der Waals surface area contributed by atoms with Gasteiger partial charge in [-0.3, -0.25) is 14.2 Å². The molecule has 3 heterocycles. The minimum absolute atomic E-state index is 0.0856. The van der Waals surface area contributed by atoms with Crippen molar-refractivity contribution < 1.29 is 19.0 Å². The van der Waals surface area contributed by atoms with Crippen LogP contribution in [0.2, 0.25) is 0 Å². The minimum atomic E-state index is -0.306. The number of rotatable bonds is 10. The third-order valence-corrected chi connectivity index (χ3v) is 8.40. The van der Waals surface area contributed by atoms with Gasteiger partial charge in [0.05, 0.1) is 42.8 Å². The molecule has 1 aliphatic rings. The number of thioether (sulfide) groups is 1. The molecule has 0 fully saturated rings. The molecule has 1 aromatic carbocycles. The molecule has 2 aromatic heterocycles. The number of benzene rings is 1. The summed E-state index contributed by atoms with van der Waals surface area (Å²) in [7, 11) is 1.60. The number of carbonyl (C=O) groups excluding carboxylic acids is 1. The number of hydrogen-bond donors (Lipinski definition) is 0. The molecule has 7 nitrogen and oxygen atoms in total. The number of fused-ring (bicyclic) bond motifs is 3. The first-order valence-corrected chi connectivity index (χ1v) is 13.8. The highest BCUT2D eigenvalue weighted by molar-refractivity contribution is 7.99. The molecule has 0 saturated carbocycles. The monoisotopic (exact) mass is 516 g/mol. The third-order valence-electron chi connectivity index (χ3n) is 6.39. The van der Waals surface area contributed by atoms with Gasteiger partial charge in [0, 0.05) is 11.3 Å². The van der Waals surface area contributed by atoms with E-state index in [0.717, 1.165) is 36.1 Å². The van der Waals surface area contributed by atoms with Crippen LogP contribution in [-0.2, 0) is 27.3 Å². The molecule has 9 heteroatoms. The molecule has 35 heavy (non-hydrogen) atoms. The van der Waals surface area contributed by atoms with Gasteiger partial charge in [0.25, 0.3) is 5.56 Å². The summed E-state index contributed by atoms with van der Waals surface area (Å²) in [5, 5.41) is 1.12. The van der Waals surface area contributed by atoms with E-state index >= 15 is 0 Å². The van der Waals surface area contributed by atoms with Crippen molar-refractivity contribution in [3.8, 4) is 11.4 Å². The minimum Gasteiger partial charge on any atom is -0.497 e. The number of thiophene rings is 1. The average Bonchev–Trinajstić information content (AvgIpc) is 3.23. The van der Waals surface area contributed by atoms with E-state index < -0.39 is 0 Å². The normalized spacial score (nSPS) is 17.4. The van der Waals surface area contributed by atoms with E-state index in [1.807, 2.05) is 24.3 Å². The zero-order chi connectivity index (χ0) is 25.0. The lowest BCUT2D eigenvalue weighted by atomic mass is 9.90. The second-order valence-electron chi connectivity index (χ2n) is 8.90. The van der Waals surface area contributed by atoms with Crippen LogP contribution < -0.4 is 10.3 Å². The van der Waals surface area contributed by atoms with E-state index in [2.05, 4.69) is 20.8 Å². The maximum Gasteiger partial charge on any atom is 0.316 e. The van der Waals surface area contributed by atoms with Crippen molar-refractivity contribution >= 4 is 39.3 Å². The molecule has 0 spiro atoms. The fourth-order valence-corrected chi connectivity index (χ4v) is 6.04. The van der Waals surface area contributed by atoms with Gasteiger partial charge in [-0.1, -0.05) is 38.5 Å². The Morgan fingerprint density at radius 3 is 2.71 bits per heavy atom. The molecule has 1 aliphatic heterocycles. The Balaban J connectivity index is 1.73. The first-order valence-electron chi connectivity index (χ1n) is 12.0. The van der Waals surface area contributed by atoms with Crippen molar-refractivity contribution in [1.29, 1.82) is 0 Å². The van der Waals surface area contributed by atoms with Gasteiger partial charge < -0.3 is 14.2 Å². The van der Waals surface area contributed by atoms with Crippen LogP contribution in [0.15, 0.2) is 34.2 Å². The Labute approximate surface area is 213 Å². The Morgan fingerprint density at radius 2 is 2.03 bits per heavy atom. The van der Waals surface area contributed by atoms with E-state index in [1.165, 1.54) is 23.1 Å². The number of nitrogens with zero attached hydrogens (tertiary/aromatic N) is 2. The van der Waals surface area contributed by atoms with Gasteiger partial charge in [0.1, 0.15) is 10.6 Å². The Hall–Kier alpha value is -2.36. The smallest absolute Gasteiger partial charge is 0.316 e. The topological polar surface area (TPSA) is 79.7 Å². The van der Waals surface area contributed by atoms with E-state index in [0.29, 0.717) is 46.4 Å². The summed E-state index contributed by atoms with van der Waals surface area (Å²) < 4.78 is 18.3. The Kier molecular flexibility index (Phi) is 8.19. The third kappa shape index (κ3) is 5.57. The number of aromatic nitrogens is 2. The van der Waals surface area contributed by atoms with Gasteiger partial charge in [-0.15, -0.1) is 11.3 Å². The van der Waals surface area contributed by atoms with E-state index in [9.17, 15) is 9.59 Å². The van der Waals surface area contributed by atoms with Crippen LogP contribution >= 0.6 is 23.1 Å². The molecule has 0 unspecified atom stereocenters. The number of carbonyl (C=O) groups is 1. The van der Waals surface area contributed by atoms with Crippen LogP contribution in [0.4, 0.5) is 0 Å². The molecular weight excluding hydrogens is 484 g/mol. The van der Waals surface area contributed by atoms with Crippen molar-refractivity contribution in [2.24, 2.45) is 0 Å². The molecule has 188 valence electrons. The number of ether oxygens (including phenoxy) is 3. The summed E-state index contributed by atoms with van der Waals surface area (Å²) in [4.78, 5) is 32.9. The molecule has 0 N–H and O–H groups in total. The first kappa shape index (κ1) is 25.7. The molecule has 4 rings (SSSR count). The van der Waals surface area contributed by atoms with Gasteiger partial charge in [0.2, 0.25) is 0 Å². The second-order valence-corrected chi connectivity index (χ2v) is 10.9. The molecule has 0 saturated heterocycles. The number of hydrogen-bond acceptors (Lipinski definition) is 8. The summed E-state index contributed by atoms with van der Waals surface area (Å²) >= 11 is 2.73. The predicted molar refractivity (Wildman–Crippen MR) is 140 cm³/mol. The largest absolute Gasteiger partial charge is 0.497 e. The SMILES string of the molecule is CCCCCOC(=O)CSc1nc2sc3c(c2c(=O)n1-c1ccc(OC)cc1)C[C@@](C)(CC)OC3. The van der Waals surface area contributed by atoms with Crippen LogP contribution in [0.1, 0.15) is 56.9 Å². The lowest BCUT2D eigenvalue weighted by molar-refractivity contribution is -0.140. The zero-order valence-corrected chi connectivity index (χ0v) is 22.4. The molecule has 0 radical (unpaired) electrons. The molecule has 1 atom stereocenters. The van der Waals surface area contributed by atoms with Gasteiger partial charge in [-0.2, -0.15) is 0 Å². The van der Waals surface area contributed by atoms with Crippen LogP contribution in [0.5, 0.6) is 5.75 Å². The maximum atomic E-state index is 14.0. The summed E-state index contributed by atoms with van der Waals surface area (Å²) in [6, 6.07) is 7.29. The molecule has 0 amide bonds. The summed E-state index contributed by atoms with van der Waals surface area (Å²) in [6.45, 7) is 7.19. The lowest BCUT2D eigenvalue weighted by Gasteiger charge is -2.32. The van der Waals surface area contributed by atoms with E-state index in [4.69, 9.17) is 19.2 Å². The van der Waals surface area contributed by atoms with Crippen LogP contribution in [-0.4, -0.2) is 40.6 Å². The number of methoxy groups -OCH3 is 1. The summed E-state index contributed by atoms with van der Waals surface area (Å²) in [6.07, 6.45) is 4.48. The molecule has 0 bridgehead atoms. The highest BCUT2D eigenvalue weighted by Crippen LogP contribution is 2.39. The highest BCUT2D eigenvalue weighted by atomic mass is 32.2. The Bertz CT molecular complexity index is 1250. The highest BCUT2D eigenvalue weighted by Gasteiger charge is 2.33. The van der Waals surface area contributed by atoms with Gasteiger partial charge in [-0.05, 0) is 49.6 Å². The van der Waals surface area contributed by atoms with Gasteiger partial charge in [0.15, 0.2) is 5.16 Å². The van der Waals surface area contributed by atoms with Crippen LogP contribution in [0, 0.1) is 0 Å². The summed E-state index contributed by atoms with van der Waals surface area (Å²) in [5.41, 5.74) is 1.28. The number of unbranched alkanes of at least 4 members (excludes halogenated alkanes) is 2. The van der Waals surface area contributed by atoms with E-state index in [-0.39, 0.29) is 22.9 Å². The maximum absolute atomic E-state index is 14.0. The van der Waals surface area contributed by atoms with Crippen molar-refractivity contribution in [3.63, 3.8) is 0 Å². The fourth-order valence-electron chi connectivity index (χ4n) is 4.09. The van der Waals surface area contributed by atoms with Crippen molar-refractivity contribution in [3.05, 3.63) is 45.1 Å². The van der Waals surface area contributed by atoms with Crippen LogP contribution in [0.25, 0.3) is 15.9 Å². The van der Waals surface area contributed by atoms with Crippen molar-refractivity contribution in [2.45, 2.75) is 70.2 Å². The lowest BCUT2D eigenvalue weighted by Crippen LogP contribution is -2.34. The van der Waals surface area contributed by atoms with Gasteiger partial charge in [-0.25, -0.2) is 4.98 Å². The molecule has 3 aromatic rings. The standard InChI is InChI=1S/C26H32N2O5S2/c1-5-7-8-13-32-21(29)16-34-25-27-23-22(19-14-26(3,6-2)33-15-20(19)35-23)24(30)28(25)17-9-11-18(31-4)12-10-17/h9-12H,5-8,13-16H2,1-4H3/t26-/m1/s1. The van der Waals surface area contributed by atoms with Crippen LogP contribution in [0.3, 0.4) is 0 Å². The zero-order valence-electron chi connectivity index (χ0n) is 20.7. The average molecular weight is 517 g/mol. The Morgan fingerprint density at radius 1 is 1.26 bits per heavy atom. The second kappa shape index (κ2) is 11.1. The van der Waals surface area contributed by atoms with Crippen molar-refractivity contribution in [1.82, 2.24) is 9.55 Å². The first-order chi connectivity index (χ1) is 16.9. The fraction of sp³-hybridized carbons (Fsp3) is 0.500. The predicted octanol–water partition coefficient (Wildman–Crippen LogP) is 5.52. The van der Waals surface area contributed by atoms with Crippen molar-refractivity contribution in [2.75, 3.05) is 19.5 Å². The molecule has 0 aliphatic carbocycles. The molecular formula is C26H32N2O5S2.